The minimum Gasteiger partial charge on any atom is -0.355 e. The van der Waals surface area contributed by atoms with Crippen molar-refractivity contribution >= 4 is 15.8 Å². The second-order valence-electron chi connectivity index (χ2n) is 5.41. The van der Waals surface area contributed by atoms with E-state index in [-0.39, 0.29) is 5.75 Å². The molecule has 0 spiro atoms. The maximum absolute atomic E-state index is 12.2. The van der Waals surface area contributed by atoms with Gasteiger partial charge in [-0.2, -0.15) is 0 Å². The van der Waals surface area contributed by atoms with Gasteiger partial charge in [0, 0.05) is 20.1 Å². The molecule has 0 heterocycles. The molecule has 2 aromatic carbocycles. The molecule has 0 saturated heterocycles. The van der Waals surface area contributed by atoms with Crippen molar-refractivity contribution in [3.63, 3.8) is 0 Å². The zero-order valence-electron chi connectivity index (χ0n) is 14.0. The maximum atomic E-state index is 12.2. The first-order chi connectivity index (χ1) is 11.5. The van der Waals surface area contributed by atoms with E-state index in [9.17, 15) is 8.42 Å². The molecule has 0 aliphatic carbocycles. The van der Waals surface area contributed by atoms with Crippen molar-refractivity contribution in [3.05, 3.63) is 65.7 Å². The zero-order chi connectivity index (χ0) is 17.4. The molecular weight excluding hydrogens is 322 g/mol. The normalized spacial score (nSPS) is 12.0. The molecule has 5 nitrogen and oxygen atoms in total. The van der Waals surface area contributed by atoms with Gasteiger partial charge in [0.25, 0.3) is 0 Å². The molecule has 0 unspecified atom stereocenters. The molecule has 2 N–H and O–H groups in total. The van der Waals surface area contributed by atoms with E-state index < -0.39 is 9.84 Å². The molecule has 2 rings (SSSR count). The lowest BCUT2D eigenvalue weighted by atomic mass is 10.1. The van der Waals surface area contributed by atoms with Crippen molar-refractivity contribution in [1.82, 2.24) is 10.6 Å². The van der Waals surface area contributed by atoms with Crippen LogP contribution in [0.2, 0.25) is 0 Å². The number of benzene rings is 2. The van der Waals surface area contributed by atoms with Crippen LogP contribution in [0.4, 0.5) is 0 Å². The van der Waals surface area contributed by atoms with Crippen molar-refractivity contribution in [2.75, 3.05) is 19.3 Å². The van der Waals surface area contributed by atoms with E-state index in [1.54, 1.807) is 37.4 Å². The molecule has 6 heteroatoms. The van der Waals surface area contributed by atoms with Crippen LogP contribution in [0, 0.1) is 6.92 Å². The monoisotopic (exact) mass is 345 g/mol. The van der Waals surface area contributed by atoms with E-state index in [0.29, 0.717) is 23.9 Å². The molecule has 0 saturated carbocycles. The number of sulfone groups is 1. The number of nitrogens with zero attached hydrogens (tertiary/aromatic N) is 1. The predicted octanol–water partition coefficient (Wildman–Crippen LogP) is 2.13. The molecule has 0 aliphatic rings. The Morgan fingerprint density at radius 1 is 1.00 bits per heavy atom. The van der Waals surface area contributed by atoms with E-state index in [2.05, 4.69) is 34.7 Å². The standard InChI is InChI=1S/C18H23N3O2S/c1-15-8-6-7-9-16(15)14-21-18(19-2)20-12-13-24(22,23)17-10-4-3-5-11-17/h3-11H,12-14H2,1-2H3,(H2,19,20,21). The fraction of sp³-hybridized carbons (Fsp3) is 0.278. The zero-order valence-corrected chi connectivity index (χ0v) is 14.8. The van der Waals surface area contributed by atoms with Crippen LogP contribution < -0.4 is 10.6 Å². The third kappa shape index (κ3) is 5.09. The van der Waals surface area contributed by atoms with Crippen molar-refractivity contribution in [3.8, 4) is 0 Å². The summed E-state index contributed by atoms with van der Waals surface area (Å²) in [5.41, 5.74) is 2.38. The predicted molar refractivity (Wildman–Crippen MR) is 97.9 cm³/mol. The van der Waals surface area contributed by atoms with E-state index in [4.69, 9.17) is 0 Å². The average molecular weight is 345 g/mol. The maximum Gasteiger partial charge on any atom is 0.191 e. The molecule has 0 amide bonds. The number of aliphatic imine (C=N–C) groups is 1. The molecule has 24 heavy (non-hydrogen) atoms. The van der Waals surface area contributed by atoms with Crippen molar-refractivity contribution in [1.29, 1.82) is 0 Å². The summed E-state index contributed by atoms with van der Waals surface area (Å²) in [6, 6.07) is 16.6. The molecule has 0 radical (unpaired) electrons. The summed E-state index contributed by atoms with van der Waals surface area (Å²) >= 11 is 0. The summed E-state index contributed by atoms with van der Waals surface area (Å²) in [4.78, 5) is 4.47. The first-order valence-corrected chi connectivity index (χ1v) is 9.45. The quantitative estimate of drug-likeness (QED) is 0.622. The molecule has 0 atom stereocenters. The molecule has 0 fully saturated rings. The minimum atomic E-state index is -3.28. The lowest BCUT2D eigenvalue weighted by Crippen LogP contribution is -2.39. The Morgan fingerprint density at radius 3 is 2.33 bits per heavy atom. The number of rotatable bonds is 6. The van der Waals surface area contributed by atoms with Crippen molar-refractivity contribution < 1.29 is 8.42 Å². The third-order valence-electron chi connectivity index (χ3n) is 3.70. The second kappa shape index (κ2) is 8.49. The van der Waals surface area contributed by atoms with Crippen molar-refractivity contribution in [2.24, 2.45) is 4.99 Å². The van der Waals surface area contributed by atoms with Crippen LogP contribution in [0.25, 0.3) is 0 Å². The third-order valence-corrected chi connectivity index (χ3v) is 5.43. The van der Waals surface area contributed by atoms with Gasteiger partial charge in [-0.25, -0.2) is 8.42 Å². The Morgan fingerprint density at radius 2 is 1.67 bits per heavy atom. The minimum absolute atomic E-state index is 0.0160. The smallest absolute Gasteiger partial charge is 0.191 e. The summed E-state index contributed by atoms with van der Waals surface area (Å²) in [5.74, 6) is 0.601. The lowest BCUT2D eigenvalue weighted by Gasteiger charge is -2.13. The molecule has 0 aromatic heterocycles. The van der Waals surface area contributed by atoms with Gasteiger partial charge in [0.2, 0.25) is 0 Å². The fourth-order valence-corrected chi connectivity index (χ4v) is 3.44. The topological polar surface area (TPSA) is 70.6 Å². The van der Waals surface area contributed by atoms with Crippen LogP contribution >= 0.6 is 0 Å². The van der Waals surface area contributed by atoms with Crippen LogP contribution in [-0.4, -0.2) is 33.7 Å². The first-order valence-electron chi connectivity index (χ1n) is 7.80. The Balaban J connectivity index is 1.85. The van der Waals surface area contributed by atoms with E-state index >= 15 is 0 Å². The Hall–Kier alpha value is -2.34. The Bertz CT molecular complexity index is 787. The highest BCUT2D eigenvalue weighted by Gasteiger charge is 2.13. The summed E-state index contributed by atoms with van der Waals surface area (Å²) in [5, 5.41) is 6.24. The summed E-state index contributed by atoms with van der Waals surface area (Å²) in [6.45, 7) is 2.99. The molecular formula is C18H23N3O2S. The first kappa shape index (κ1) is 18.0. The van der Waals surface area contributed by atoms with E-state index in [0.717, 1.165) is 0 Å². The van der Waals surface area contributed by atoms with Crippen LogP contribution in [-0.2, 0) is 16.4 Å². The number of hydrogen-bond acceptors (Lipinski definition) is 3. The number of guanidine groups is 1. The van der Waals surface area contributed by atoms with Crippen molar-refractivity contribution in [2.45, 2.75) is 18.4 Å². The second-order valence-corrected chi connectivity index (χ2v) is 7.52. The van der Waals surface area contributed by atoms with Gasteiger partial charge in [0.1, 0.15) is 0 Å². The summed E-state index contributed by atoms with van der Waals surface area (Å²) < 4.78 is 24.5. The summed E-state index contributed by atoms with van der Waals surface area (Å²) in [7, 11) is -1.62. The largest absolute Gasteiger partial charge is 0.355 e. The van der Waals surface area contributed by atoms with Crippen LogP contribution in [0.3, 0.4) is 0 Å². The van der Waals surface area contributed by atoms with Gasteiger partial charge in [-0.05, 0) is 30.2 Å². The summed E-state index contributed by atoms with van der Waals surface area (Å²) in [6.07, 6.45) is 0. The van der Waals surface area contributed by atoms with Gasteiger partial charge < -0.3 is 10.6 Å². The van der Waals surface area contributed by atoms with Gasteiger partial charge in [-0.3, -0.25) is 4.99 Å². The Labute approximate surface area is 143 Å². The number of nitrogens with one attached hydrogen (secondary N) is 2. The van der Waals surface area contributed by atoms with Gasteiger partial charge in [-0.15, -0.1) is 0 Å². The van der Waals surface area contributed by atoms with Gasteiger partial charge >= 0.3 is 0 Å². The SMILES string of the molecule is CN=C(NCCS(=O)(=O)c1ccccc1)NCc1ccccc1C. The van der Waals surface area contributed by atoms with Crippen LogP contribution in [0.15, 0.2) is 64.5 Å². The molecule has 0 bridgehead atoms. The molecule has 2 aromatic rings. The van der Waals surface area contributed by atoms with E-state index in [1.165, 1.54) is 11.1 Å². The van der Waals surface area contributed by atoms with Crippen LogP contribution in [0.5, 0.6) is 0 Å². The van der Waals surface area contributed by atoms with E-state index in [1.807, 2.05) is 12.1 Å². The molecule has 128 valence electrons. The number of hydrogen-bond donors (Lipinski definition) is 2. The molecule has 0 aliphatic heterocycles. The van der Waals surface area contributed by atoms with Crippen LogP contribution in [0.1, 0.15) is 11.1 Å². The fourth-order valence-electron chi connectivity index (χ4n) is 2.26. The highest BCUT2D eigenvalue weighted by Crippen LogP contribution is 2.09. The van der Waals surface area contributed by atoms with Gasteiger partial charge in [0.15, 0.2) is 15.8 Å². The van der Waals surface area contributed by atoms with Gasteiger partial charge in [0.05, 0.1) is 10.6 Å². The number of aryl methyl sites for hydroxylation is 1. The Kier molecular flexibility index (Phi) is 6.37. The highest BCUT2D eigenvalue weighted by atomic mass is 32.2. The lowest BCUT2D eigenvalue weighted by molar-refractivity contribution is 0.594. The highest BCUT2D eigenvalue weighted by molar-refractivity contribution is 7.91. The average Bonchev–Trinajstić information content (AvgIpc) is 2.60. The van der Waals surface area contributed by atoms with Gasteiger partial charge in [-0.1, -0.05) is 42.5 Å².